The highest BCUT2D eigenvalue weighted by molar-refractivity contribution is 7.98. The molecule has 0 radical (unpaired) electrons. The van der Waals surface area contributed by atoms with Crippen molar-refractivity contribution in [3.63, 3.8) is 0 Å². The first-order valence-corrected chi connectivity index (χ1v) is 9.33. The van der Waals surface area contributed by atoms with Crippen LogP contribution in [0.5, 0.6) is 5.75 Å². The van der Waals surface area contributed by atoms with Gasteiger partial charge in [0.15, 0.2) is 0 Å². The van der Waals surface area contributed by atoms with Gasteiger partial charge in [-0.1, -0.05) is 11.8 Å². The summed E-state index contributed by atoms with van der Waals surface area (Å²) < 4.78 is 17.9. The fourth-order valence-corrected chi connectivity index (χ4v) is 3.87. The summed E-state index contributed by atoms with van der Waals surface area (Å²) in [6.07, 6.45) is 2.26. The minimum Gasteiger partial charge on any atom is -0.497 e. The van der Waals surface area contributed by atoms with E-state index in [1.807, 2.05) is 12.1 Å². The monoisotopic (exact) mass is 374 g/mol. The zero-order chi connectivity index (χ0) is 17.9. The van der Waals surface area contributed by atoms with Crippen LogP contribution in [0.3, 0.4) is 0 Å². The van der Waals surface area contributed by atoms with Gasteiger partial charge in [0.05, 0.1) is 19.8 Å². The third-order valence-electron chi connectivity index (χ3n) is 4.29. The molecule has 0 unspecified atom stereocenters. The van der Waals surface area contributed by atoms with Gasteiger partial charge in [-0.25, -0.2) is 9.48 Å². The third-order valence-corrected chi connectivity index (χ3v) is 5.30. The highest BCUT2D eigenvalue weighted by Gasteiger charge is 2.19. The Balaban J connectivity index is 1.55. The summed E-state index contributed by atoms with van der Waals surface area (Å²) in [7, 11) is 1.58. The maximum absolute atomic E-state index is 11.9. The molecule has 136 valence electrons. The van der Waals surface area contributed by atoms with E-state index in [-0.39, 0.29) is 11.7 Å². The number of rotatable bonds is 6. The number of hydrogen-bond donors (Lipinski definition) is 0. The molecule has 4 rings (SSSR count). The first-order valence-electron chi connectivity index (χ1n) is 8.34. The van der Waals surface area contributed by atoms with Crippen LogP contribution in [0.15, 0.2) is 38.6 Å². The Morgan fingerprint density at radius 3 is 3.12 bits per heavy atom. The molecule has 3 aromatic rings. The first-order chi connectivity index (χ1) is 12.7. The van der Waals surface area contributed by atoms with Crippen molar-refractivity contribution < 1.29 is 13.9 Å². The summed E-state index contributed by atoms with van der Waals surface area (Å²) in [6, 6.07) is 6.96. The van der Waals surface area contributed by atoms with E-state index in [1.165, 1.54) is 17.8 Å². The van der Waals surface area contributed by atoms with Crippen LogP contribution < -0.4 is 10.4 Å². The van der Waals surface area contributed by atoms with Crippen LogP contribution in [0.4, 0.5) is 0 Å². The molecule has 1 aromatic carbocycles. The molecule has 0 saturated carbocycles. The predicted molar refractivity (Wildman–Crippen MR) is 95.4 cm³/mol. The molecule has 1 saturated heterocycles. The van der Waals surface area contributed by atoms with E-state index in [0.29, 0.717) is 28.8 Å². The summed E-state index contributed by atoms with van der Waals surface area (Å²) in [5, 5.41) is 13.5. The molecule has 8 nitrogen and oxygen atoms in total. The highest BCUT2D eigenvalue weighted by atomic mass is 32.2. The Hall–Kier alpha value is -2.39. The number of aromatic nitrogens is 4. The Bertz CT molecular complexity index is 965. The number of tetrazole rings is 1. The van der Waals surface area contributed by atoms with E-state index in [9.17, 15) is 4.79 Å². The topological polar surface area (TPSA) is 92.3 Å². The number of fused-ring (bicyclic) bond motifs is 1. The normalized spacial score (nSPS) is 17.0. The van der Waals surface area contributed by atoms with E-state index in [0.717, 1.165) is 30.4 Å². The SMILES string of the molecule is COc1ccc2c(CSc3nnnn3C[C@@H]3CCCO3)cc(=O)oc2c1. The summed E-state index contributed by atoms with van der Waals surface area (Å²) in [5.74, 6) is 1.20. The molecule has 0 amide bonds. The Labute approximate surface area is 153 Å². The second-order valence-corrected chi connectivity index (χ2v) is 6.96. The van der Waals surface area contributed by atoms with Gasteiger partial charge >= 0.3 is 5.63 Å². The molecule has 0 bridgehead atoms. The van der Waals surface area contributed by atoms with Gasteiger partial charge in [-0.3, -0.25) is 0 Å². The Morgan fingerprint density at radius 1 is 1.38 bits per heavy atom. The van der Waals surface area contributed by atoms with Crippen molar-refractivity contribution in [3.05, 3.63) is 40.2 Å². The molecule has 1 aliphatic heterocycles. The summed E-state index contributed by atoms with van der Waals surface area (Å²) in [5.41, 5.74) is 0.988. The third kappa shape index (κ3) is 3.58. The minimum atomic E-state index is -0.389. The van der Waals surface area contributed by atoms with E-state index in [2.05, 4.69) is 15.5 Å². The van der Waals surface area contributed by atoms with Gasteiger partial charge in [0.1, 0.15) is 11.3 Å². The quantitative estimate of drug-likeness (QED) is 0.479. The van der Waals surface area contributed by atoms with Gasteiger partial charge in [0, 0.05) is 29.9 Å². The lowest BCUT2D eigenvalue weighted by Crippen LogP contribution is -2.16. The van der Waals surface area contributed by atoms with Crippen LogP contribution in [0.2, 0.25) is 0 Å². The largest absolute Gasteiger partial charge is 0.497 e. The van der Waals surface area contributed by atoms with Crippen LogP contribution in [0.1, 0.15) is 18.4 Å². The molecule has 0 spiro atoms. The van der Waals surface area contributed by atoms with E-state index in [1.54, 1.807) is 17.9 Å². The fourth-order valence-electron chi connectivity index (χ4n) is 2.99. The summed E-state index contributed by atoms with van der Waals surface area (Å²) >= 11 is 1.48. The standard InChI is InChI=1S/C17H18N4O4S/c1-23-12-4-5-14-11(7-16(22)25-15(14)8-12)10-26-17-18-19-20-21(17)9-13-3-2-6-24-13/h4-5,7-8,13H,2-3,6,9-10H2,1H3/t13-/m0/s1. The maximum Gasteiger partial charge on any atom is 0.336 e. The molecule has 0 N–H and O–H groups in total. The Morgan fingerprint density at radius 2 is 2.31 bits per heavy atom. The lowest BCUT2D eigenvalue weighted by molar-refractivity contribution is 0.0912. The average Bonchev–Trinajstić information content (AvgIpc) is 3.31. The van der Waals surface area contributed by atoms with Crippen LogP contribution in [-0.4, -0.2) is 40.0 Å². The van der Waals surface area contributed by atoms with Gasteiger partial charge in [-0.05, 0) is 41.0 Å². The zero-order valence-corrected chi connectivity index (χ0v) is 15.1. The maximum atomic E-state index is 11.9. The number of thioether (sulfide) groups is 1. The molecule has 1 aliphatic rings. The molecule has 3 heterocycles. The number of ether oxygens (including phenoxy) is 2. The van der Waals surface area contributed by atoms with Gasteiger partial charge in [-0.2, -0.15) is 0 Å². The van der Waals surface area contributed by atoms with Crippen LogP contribution in [0, 0.1) is 0 Å². The van der Waals surface area contributed by atoms with Crippen LogP contribution in [0.25, 0.3) is 11.0 Å². The first kappa shape index (κ1) is 17.0. The minimum absolute atomic E-state index is 0.162. The van der Waals surface area contributed by atoms with Gasteiger partial charge < -0.3 is 13.9 Å². The van der Waals surface area contributed by atoms with Crippen molar-refractivity contribution in [2.75, 3.05) is 13.7 Å². The molecule has 1 fully saturated rings. The summed E-state index contributed by atoms with van der Waals surface area (Å²) in [4.78, 5) is 11.9. The van der Waals surface area contributed by atoms with E-state index < -0.39 is 0 Å². The van der Waals surface area contributed by atoms with Gasteiger partial charge in [-0.15, -0.1) is 5.10 Å². The van der Waals surface area contributed by atoms with Crippen LogP contribution in [-0.2, 0) is 17.0 Å². The fraction of sp³-hybridized carbons (Fsp3) is 0.412. The number of benzene rings is 1. The van der Waals surface area contributed by atoms with Crippen molar-refractivity contribution in [2.24, 2.45) is 0 Å². The van der Waals surface area contributed by atoms with Crippen molar-refractivity contribution in [3.8, 4) is 5.75 Å². The second-order valence-electron chi connectivity index (χ2n) is 6.02. The number of hydrogen-bond acceptors (Lipinski definition) is 8. The molecule has 9 heteroatoms. The van der Waals surface area contributed by atoms with Crippen molar-refractivity contribution in [1.29, 1.82) is 0 Å². The average molecular weight is 374 g/mol. The van der Waals surface area contributed by atoms with Gasteiger partial charge in [0.25, 0.3) is 0 Å². The molecular weight excluding hydrogens is 356 g/mol. The van der Waals surface area contributed by atoms with Crippen molar-refractivity contribution >= 4 is 22.7 Å². The molecule has 2 aromatic heterocycles. The predicted octanol–water partition coefficient (Wildman–Crippen LogP) is 2.26. The number of nitrogens with zero attached hydrogens (tertiary/aromatic N) is 4. The number of methoxy groups -OCH3 is 1. The van der Waals surface area contributed by atoms with Crippen molar-refractivity contribution in [1.82, 2.24) is 20.2 Å². The highest BCUT2D eigenvalue weighted by Crippen LogP contribution is 2.27. The molecular formula is C17H18N4O4S. The second kappa shape index (κ2) is 7.46. The molecule has 26 heavy (non-hydrogen) atoms. The molecule has 1 atom stereocenters. The Kier molecular flexibility index (Phi) is 4.89. The van der Waals surface area contributed by atoms with Crippen molar-refractivity contribution in [2.45, 2.75) is 36.4 Å². The lowest BCUT2D eigenvalue weighted by Gasteiger charge is -2.10. The van der Waals surface area contributed by atoms with E-state index >= 15 is 0 Å². The smallest absolute Gasteiger partial charge is 0.336 e. The van der Waals surface area contributed by atoms with Crippen LogP contribution >= 0.6 is 11.8 Å². The lowest BCUT2D eigenvalue weighted by atomic mass is 10.1. The molecule has 0 aliphatic carbocycles. The van der Waals surface area contributed by atoms with E-state index in [4.69, 9.17) is 13.9 Å². The van der Waals surface area contributed by atoms with Gasteiger partial charge in [0.2, 0.25) is 5.16 Å². The summed E-state index contributed by atoms with van der Waals surface area (Å²) in [6.45, 7) is 1.44. The zero-order valence-electron chi connectivity index (χ0n) is 14.3.